The van der Waals surface area contributed by atoms with Crippen molar-refractivity contribution in [1.29, 1.82) is 0 Å². The van der Waals surface area contributed by atoms with Crippen LogP contribution in [0.1, 0.15) is 28.9 Å². The van der Waals surface area contributed by atoms with E-state index in [0.29, 0.717) is 24.3 Å². The van der Waals surface area contributed by atoms with Gasteiger partial charge in [0.2, 0.25) is 5.91 Å². The van der Waals surface area contributed by atoms with Gasteiger partial charge in [-0.25, -0.2) is 0 Å². The Bertz CT molecular complexity index is 812. The summed E-state index contributed by atoms with van der Waals surface area (Å²) in [6, 6.07) is 15.1. The molecule has 3 rings (SSSR count). The lowest BCUT2D eigenvalue weighted by atomic mass is 10.0. The van der Waals surface area contributed by atoms with Gasteiger partial charge in [0, 0.05) is 43.5 Å². The summed E-state index contributed by atoms with van der Waals surface area (Å²) < 4.78 is 5.42. The third-order valence-corrected chi connectivity index (χ3v) is 5.23. The quantitative estimate of drug-likeness (QED) is 0.621. The van der Waals surface area contributed by atoms with Gasteiger partial charge in [-0.1, -0.05) is 12.1 Å². The number of benzene rings is 2. The van der Waals surface area contributed by atoms with E-state index in [1.165, 1.54) is 0 Å². The van der Waals surface area contributed by atoms with E-state index in [2.05, 4.69) is 16.7 Å². The maximum Gasteiger partial charge on any atom is 0.248 e. The van der Waals surface area contributed by atoms with Crippen LogP contribution in [0.3, 0.4) is 0 Å². The number of aliphatic hydroxyl groups is 2. The van der Waals surface area contributed by atoms with Crippen LogP contribution in [0.15, 0.2) is 48.5 Å². The van der Waals surface area contributed by atoms with Crippen LogP contribution in [0.2, 0.25) is 0 Å². The second kappa shape index (κ2) is 9.73. The molecule has 2 aromatic carbocycles. The van der Waals surface area contributed by atoms with Crippen molar-refractivity contribution in [2.75, 3.05) is 44.3 Å². The molecule has 0 spiro atoms. The molecule has 156 valence electrons. The molecule has 1 amide bonds. The number of hydrogen-bond donors (Lipinski definition) is 3. The minimum Gasteiger partial charge on any atom is -0.491 e. The number of piperazine rings is 1. The summed E-state index contributed by atoms with van der Waals surface area (Å²) in [4.78, 5) is 15.9. The van der Waals surface area contributed by atoms with Crippen molar-refractivity contribution < 1.29 is 19.7 Å². The maximum absolute atomic E-state index is 11.4. The molecule has 29 heavy (non-hydrogen) atoms. The number of primary amides is 1. The molecule has 0 radical (unpaired) electrons. The standard InChI is InChI=1S/C22H29N3O4/c1-16-14-24(15-21(27)17-3-2-4-18(13-17)22(23)28)9-10-25(16)19-5-7-20(8-6-19)29-12-11-26/h2-8,13,16,21,26-27H,9-12,14-15H2,1H3,(H2,23,28)/t16-,21-/m1/s1. The third kappa shape index (κ3) is 5.47. The number of β-amino-alcohol motifs (C(OH)–C–C–N with tert-alkyl or cyclic N) is 1. The number of anilines is 1. The minimum atomic E-state index is -0.670. The number of nitrogens with zero attached hydrogens (tertiary/aromatic N) is 2. The van der Waals surface area contributed by atoms with Gasteiger partial charge in [-0.3, -0.25) is 9.69 Å². The second-order valence-corrected chi connectivity index (χ2v) is 7.37. The lowest BCUT2D eigenvalue weighted by Gasteiger charge is -2.42. The predicted octanol–water partition coefficient (Wildman–Crippen LogP) is 1.40. The maximum atomic E-state index is 11.4. The molecule has 0 unspecified atom stereocenters. The summed E-state index contributed by atoms with van der Waals surface area (Å²) in [6.45, 7) is 5.48. The van der Waals surface area contributed by atoms with Crippen molar-refractivity contribution in [3.05, 3.63) is 59.7 Å². The Balaban J connectivity index is 1.57. The van der Waals surface area contributed by atoms with Crippen LogP contribution >= 0.6 is 0 Å². The van der Waals surface area contributed by atoms with E-state index < -0.39 is 12.0 Å². The van der Waals surface area contributed by atoms with Crippen LogP contribution in [-0.4, -0.2) is 66.5 Å². The first-order valence-electron chi connectivity index (χ1n) is 9.88. The average Bonchev–Trinajstić information content (AvgIpc) is 2.73. The van der Waals surface area contributed by atoms with Crippen LogP contribution in [0, 0.1) is 0 Å². The molecular weight excluding hydrogens is 370 g/mol. The molecule has 1 aliphatic rings. The SMILES string of the molecule is C[C@@H]1CN(C[C@@H](O)c2cccc(C(N)=O)c2)CCN1c1ccc(OCCO)cc1. The summed E-state index contributed by atoms with van der Waals surface area (Å²) in [5, 5.41) is 19.5. The van der Waals surface area contributed by atoms with Crippen LogP contribution < -0.4 is 15.4 Å². The first-order chi connectivity index (χ1) is 14.0. The fraction of sp³-hybridized carbons (Fsp3) is 0.409. The van der Waals surface area contributed by atoms with Gasteiger partial charge < -0.3 is 25.6 Å². The highest BCUT2D eigenvalue weighted by atomic mass is 16.5. The molecule has 1 heterocycles. The Hall–Kier alpha value is -2.61. The number of amides is 1. The van der Waals surface area contributed by atoms with Crippen LogP contribution in [-0.2, 0) is 0 Å². The molecule has 2 atom stereocenters. The van der Waals surface area contributed by atoms with Gasteiger partial charge in [0.15, 0.2) is 0 Å². The molecular formula is C22H29N3O4. The third-order valence-electron chi connectivity index (χ3n) is 5.23. The topological polar surface area (TPSA) is 99.3 Å². The highest BCUT2D eigenvalue weighted by Crippen LogP contribution is 2.25. The van der Waals surface area contributed by atoms with E-state index >= 15 is 0 Å². The Morgan fingerprint density at radius 1 is 1.24 bits per heavy atom. The zero-order valence-electron chi connectivity index (χ0n) is 16.7. The smallest absolute Gasteiger partial charge is 0.248 e. The zero-order chi connectivity index (χ0) is 20.8. The number of hydrogen-bond acceptors (Lipinski definition) is 6. The first-order valence-corrected chi connectivity index (χ1v) is 9.88. The van der Waals surface area contributed by atoms with E-state index in [-0.39, 0.29) is 12.6 Å². The lowest BCUT2D eigenvalue weighted by Crippen LogP contribution is -2.52. The Morgan fingerprint density at radius 2 is 2.00 bits per heavy atom. The Kier molecular flexibility index (Phi) is 7.09. The summed E-state index contributed by atoms with van der Waals surface area (Å²) in [6.07, 6.45) is -0.670. The molecule has 4 N–H and O–H groups in total. The normalized spacial score (nSPS) is 18.4. The highest BCUT2D eigenvalue weighted by molar-refractivity contribution is 5.92. The number of aliphatic hydroxyl groups excluding tert-OH is 2. The molecule has 0 saturated carbocycles. The number of carbonyl (C=O) groups is 1. The van der Waals surface area contributed by atoms with Crippen LogP contribution in [0.25, 0.3) is 0 Å². The average molecular weight is 399 g/mol. The zero-order valence-corrected chi connectivity index (χ0v) is 16.7. The van der Waals surface area contributed by atoms with E-state index in [4.69, 9.17) is 15.6 Å². The molecule has 1 fully saturated rings. The van der Waals surface area contributed by atoms with E-state index in [9.17, 15) is 9.90 Å². The van der Waals surface area contributed by atoms with Crippen molar-refractivity contribution in [3.8, 4) is 5.75 Å². The van der Waals surface area contributed by atoms with Gasteiger partial charge in [0.1, 0.15) is 12.4 Å². The van der Waals surface area contributed by atoms with E-state index in [1.54, 1.807) is 18.2 Å². The molecule has 0 aromatic heterocycles. The summed E-state index contributed by atoms with van der Waals surface area (Å²) in [5.74, 6) is 0.254. The summed E-state index contributed by atoms with van der Waals surface area (Å²) in [5.41, 5.74) is 7.57. The van der Waals surface area contributed by atoms with Gasteiger partial charge in [-0.05, 0) is 48.9 Å². The van der Waals surface area contributed by atoms with Gasteiger partial charge in [0.05, 0.1) is 12.7 Å². The molecule has 0 bridgehead atoms. The highest BCUT2D eigenvalue weighted by Gasteiger charge is 2.25. The van der Waals surface area contributed by atoms with Crippen molar-refractivity contribution in [3.63, 3.8) is 0 Å². The van der Waals surface area contributed by atoms with Crippen molar-refractivity contribution in [2.45, 2.75) is 19.1 Å². The lowest BCUT2D eigenvalue weighted by molar-refractivity contribution is 0.0993. The van der Waals surface area contributed by atoms with Crippen LogP contribution in [0.4, 0.5) is 5.69 Å². The van der Waals surface area contributed by atoms with Crippen molar-refractivity contribution >= 4 is 11.6 Å². The fourth-order valence-corrected chi connectivity index (χ4v) is 3.73. The van der Waals surface area contributed by atoms with Gasteiger partial charge in [-0.15, -0.1) is 0 Å². The molecule has 0 aliphatic carbocycles. The molecule has 1 aliphatic heterocycles. The van der Waals surface area contributed by atoms with Crippen LogP contribution in [0.5, 0.6) is 5.75 Å². The van der Waals surface area contributed by atoms with Gasteiger partial charge in [-0.2, -0.15) is 0 Å². The molecule has 1 saturated heterocycles. The molecule has 7 nitrogen and oxygen atoms in total. The fourth-order valence-electron chi connectivity index (χ4n) is 3.73. The predicted molar refractivity (Wildman–Crippen MR) is 112 cm³/mol. The summed E-state index contributed by atoms with van der Waals surface area (Å²) >= 11 is 0. The Morgan fingerprint density at radius 3 is 2.66 bits per heavy atom. The minimum absolute atomic E-state index is 0.000575. The number of ether oxygens (including phenoxy) is 1. The second-order valence-electron chi connectivity index (χ2n) is 7.37. The van der Waals surface area contributed by atoms with Gasteiger partial charge in [0.25, 0.3) is 0 Å². The van der Waals surface area contributed by atoms with E-state index in [0.717, 1.165) is 31.1 Å². The van der Waals surface area contributed by atoms with Crippen molar-refractivity contribution in [2.24, 2.45) is 5.73 Å². The van der Waals surface area contributed by atoms with Crippen molar-refractivity contribution in [1.82, 2.24) is 4.90 Å². The number of carbonyl (C=O) groups excluding carboxylic acids is 1. The monoisotopic (exact) mass is 399 g/mol. The first kappa shape index (κ1) is 21.1. The van der Waals surface area contributed by atoms with E-state index in [1.807, 2.05) is 30.3 Å². The molecule has 7 heteroatoms. The molecule has 2 aromatic rings. The summed E-state index contributed by atoms with van der Waals surface area (Å²) in [7, 11) is 0. The largest absolute Gasteiger partial charge is 0.491 e. The van der Waals surface area contributed by atoms with Gasteiger partial charge >= 0.3 is 0 Å². The Labute approximate surface area is 171 Å². The number of nitrogens with two attached hydrogens (primary N) is 1. The number of rotatable bonds is 8.